The maximum atomic E-state index is 9.67. The number of hydrogen-bond donors (Lipinski definition) is 0. The van der Waals surface area contributed by atoms with Crippen molar-refractivity contribution in [2.75, 3.05) is 0 Å². The minimum atomic E-state index is -3.67. The molecule has 4 rings (SSSR count). The lowest BCUT2D eigenvalue weighted by molar-refractivity contribution is -0.596. The van der Waals surface area contributed by atoms with Gasteiger partial charge in [0.1, 0.15) is 0 Å². The number of rotatable bonds is 4. The third-order valence-corrected chi connectivity index (χ3v) is 5.10. The molecule has 2 aromatic carbocycles. The van der Waals surface area contributed by atoms with Crippen molar-refractivity contribution in [3.63, 3.8) is 0 Å². The minimum absolute atomic E-state index is 0. The molecule has 0 spiro atoms. The molecule has 2 aromatic heterocycles. The van der Waals surface area contributed by atoms with E-state index in [4.69, 9.17) is 5.26 Å². The van der Waals surface area contributed by atoms with Crippen LogP contribution in [-0.4, -0.2) is 15.1 Å². The summed E-state index contributed by atoms with van der Waals surface area (Å²) in [7, 11) is -7.33. The molecule has 0 saturated heterocycles. The van der Waals surface area contributed by atoms with Crippen molar-refractivity contribution in [1.29, 1.82) is 5.26 Å². The van der Waals surface area contributed by atoms with E-state index < -0.39 is 15.1 Å². The van der Waals surface area contributed by atoms with Crippen molar-refractivity contribution in [2.24, 2.45) is 0 Å². The number of nitriles is 1. The fourth-order valence-electron chi connectivity index (χ4n) is 3.52. The van der Waals surface area contributed by atoms with Gasteiger partial charge in [0.25, 0.3) is 0 Å². The molecule has 3 nitrogen and oxygen atoms in total. The summed E-state index contributed by atoms with van der Waals surface area (Å²) in [6, 6.07) is 26.8. The van der Waals surface area contributed by atoms with E-state index in [0.717, 1.165) is 11.3 Å². The second kappa shape index (κ2) is 17.3. The van der Waals surface area contributed by atoms with Crippen LogP contribution >= 0.6 is 0 Å². The number of halogens is 8. The molecule has 13 heteroatoms. The van der Waals surface area contributed by atoms with Crippen LogP contribution in [0.3, 0.4) is 0 Å². The summed E-state index contributed by atoms with van der Waals surface area (Å²) in [5, 5.41) is 9.09. The van der Waals surface area contributed by atoms with E-state index in [0.29, 0.717) is 11.5 Å². The van der Waals surface area contributed by atoms with E-state index in [9.17, 15) is 25.9 Å². The van der Waals surface area contributed by atoms with Crippen molar-refractivity contribution in [2.45, 2.75) is 19.8 Å². The second-order valence-electron chi connectivity index (χ2n) is 7.86. The first-order valence-corrected chi connectivity index (χ1v) is 11.1. The molecule has 0 amide bonds. The fraction of sp³-hybridized carbons (Fsp3) is 0.115. The molecule has 0 fully saturated rings. The summed E-state index contributed by atoms with van der Waals surface area (Å²) >= 11 is 0. The van der Waals surface area contributed by atoms with Crippen LogP contribution in [0, 0.1) is 11.3 Å². The van der Waals surface area contributed by atoms with Gasteiger partial charge in [0.2, 0.25) is 11.4 Å². The highest BCUT2D eigenvalue weighted by Gasteiger charge is 2.15. The zero-order valence-corrected chi connectivity index (χ0v) is 20.8. The molecule has 0 radical (unpaired) electrons. The first-order chi connectivity index (χ1) is 17.6. The topological polar surface area (TPSA) is 31.5 Å². The molecule has 2 heterocycles. The summed E-state index contributed by atoms with van der Waals surface area (Å²) < 4.78 is 62.2. The van der Waals surface area contributed by atoms with E-state index in [1.54, 1.807) is 0 Å². The Balaban J connectivity index is 0.00000128. The molecular weight excluding hydrogens is 528 g/mol. The molecule has 0 aliphatic heterocycles. The smallest absolute Gasteiger partial charge is 0.762 e. The van der Waals surface area contributed by atoms with Crippen LogP contribution in [0.2, 0.25) is 0 Å². The fourth-order valence-corrected chi connectivity index (χ4v) is 3.52. The van der Waals surface area contributed by atoms with Crippen molar-refractivity contribution in [3.05, 3.63) is 109 Å². The minimum Gasteiger partial charge on any atom is -1.00 e. The molecule has 39 heavy (non-hydrogen) atoms. The molecular formula is C26H23B2F8N3. The van der Waals surface area contributed by atoms with Gasteiger partial charge in [0.15, 0.2) is 24.8 Å². The van der Waals surface area contributed by atoms with Crippen LogP contribution in [0.15, 0.2) is 97.6 Å². The van der Waals surface area contributed by atoms with Gasteiger partial charge < -0.3 is 9.41 Å². The number of pyridine rings is 2. The lowest BCUT2D eigenvalue weighted by atomic mass is 10.0. The van der Waals surface area contributed by atoms with E-state index >= 15 is 0 Å². The average molecular weight is 551 g/mol. The predicted molar refractivity (Wildman–Crippen MR) is 132 cm³/mol. The largest absolute Gasteiger partial charge is 1.00 e. The van der Waals surface area contributed by atoms with Gasteiger partial charge >= 0.3 is 15.1 Å². The molecule has 0 N–H and O–H groups in total. The molecule has 0 aliphatic carbocycles. The Hall–Kier alpha value is -4.20. The summed E-state index contributed by atoms with van der Waals surface area (Å²) in [6.45, 7) is 4.44. The van der Waals surface area contributed by atoms with Crippen molar-refractivity contribution >= 4 is 15.1 Å². The van der Waals surface area contributed by atoms with E-state index in [2.05, 4.69) is 85.4 Å². The van der Waals surface area contributed by atoms with Crippen LogP contribution in [-0.2, 0) is 0 Å². The van der Waals surface area contributed by atoms with Crippen molar-refractivity contribution < 1.29 is 44.4 Å². The van der Waals surface area contributed by atoms with Crippen molar-refractivity contribution in [1.82, 2.24) is 0 Å². The van der Waals surface area contributed by atoms with Gasteiger partial charge in [0, 0.05) is 48.0 Å². The Morgan fingerprint density at radius 2 is 1.13 bits per heavy atom. The molecule has 204 valence electrons. The van der Waals surface area contributed by atoms with Crippen LogP contribution in [0.5, 0.6) is 0 Å². The van der Waals surface area contributed by atoms with E-state index in [-0.39, 0.29) is 9.41 Å². The SMILES string of the molecule is CC(C)c1ccccc1-[n+]1ccc(-c2cc[n+](-c3cccc(C#N)c3)cc2)cc1.FB(F)F.FB(F)F.[F-].[F-]. The highest BCUT2D eigenvalue weighted by atomic mass is 19.4. The Morgan fingerprint density at radius 3 is 1.59 bits per heavy atom. The average Bonchev–Trinajstić information content (AvgIpc) is 2.88. The van der Waals surface area contributed by atoms with Gasteiger partial charge in [-0.3, -0.25) is 25.9 Å². The molecule has 0 bridgehead atoms. The third-order valence-electron chi connectivity index (χ3n) is 5.10. The van der Waals surface area contributed by atoms with Crippen LogP contribution in [0.1, 0.15) is 30.9 Å². The van der Waals surface area contributed by atoms with Crippen LogP contribution in [0.4, 0.5) is 25.9 Å². The highest BCUT2D eigenvalue weighted by molar-refractivity contribution is 6.33. The Kier molecular flexibility index (Phi) is 15.5. The summed E-state index contributed by atoms with van der Waals surface area (Å²) in [5.41, 5.74) is 6.52. The first kappa shape index (κ1) is 34.8. The summed E-state index contributed by atoms with van der Waals surface area (Å²) in [4.78, 5) is 0. The molecule has 4 aromatic rings. The number of para-hydroxylation sites is 1. The van der Waals surface area contributed by atoms with Crippen molar-refractivity contribution in [3.8, 4) is 28.6 Å². The zero-order valence-electron chi connectivity index (χ0n) is 20.8. The molecule has 0 atom stereocenters. The van der Waals surface area contributed by atoms with Gasteiger partial charge in [-0.1, -0.05) is 38.1 Å². The Labute approximate surface area is 222 Å². The molecule has 0 unspecified atom stereocenters. The maximum absolute atomic E-state index is 9.67. The number of nitrogens with zero attached hydrogens (tertiary/aromatic N) is 3. The Morgan fingerprint density at radius 1 is 0.667 bits per heavy atom. The lowest BCUT2D eigenvalue weighted by Gasteiger charge is -2.08. The predicted octanol–water partition coefficient (Wildman–Crippen LogP) is 0.670. The highest BCUT2D eigenvalue weighted by Crippen LogP contribution is 2.20. The van der Waals surface area contributed by atoms with Gasteiger partial charge in [-0.2, -0.15) is 14.4 Å². The Bertz CT molecular complexity index is 1290. The van der Waals surface area contributed by atoms with E-state index in [1.807, 2.05) is 41.2 Å². The van der Waals surface area contributed by atoms with Gasteiger partial charge in [0.05, 0.1) is 11.6 Å². The maximum Gasteiger partial charge on any atom is 0.762 e. The second-order valence-corrected chi connectivity index (χ2v) is 7.86. The number of hydrogen-bond acceptors (Lipinski definition) is 1. The van der Waals surface area contributed by atoms with Crippen LogP contribution < -0.4 is 18.5 Å². The van der Waals surface area contributed by atoms with Gasteiger partial charge in [-0.25, -0.2) is 0 Å². The third kappa shape index (κ3) is 11.4. The summed E-state index contributed by atoms with van der Waals surface area (Å²) in [5.74, 6) is 0.475. The standard InChI is InChI=1S/C26H23N3.2BF3.2FH/c1-20(2)25-8-3-4-9-26(25)29-16-12-23(13-17-29)22-10-14-28(15-11-22)24-7-5-6-21(18-24)19-27;2*2-1(3)4;;/h3-18,20H,1-2H3;;;2*1H/q+2;;;;/p-2. The van der Waals surface area contributed by atoms with Crippen LogP contribution in [0.25, 0.3) is 22.5 Å². The monoisotopic (exact) mass is 551 g/mol. The number of benzene rings is 2. The first-order valence-electron chi connectivity index (χ1n) is 11.1. The summed E-state index contributed by atoms with van der Waals surface area (Å²) in [6.07, 6.45) is 8.30. The lowest BCUT2D eigenvalue weighted by Crippen LogP contribution is -3.00. The normalized spacial score (nSPS) is 9.33. The van der Waals surface area contributed by atoms with Gasteiger partial charge in [-0.05, 0) is 23.1 Å². The molecule has 0 aliphatic rings. The quantitative estimate of drug-likeness (QED) is 0.209. The van der Waals surface area contributed by atoms with E-state index in [1.165, 1.54) is 16.8 Å². The van der Waals surface area contributed by atoms with Gasteiger partial charge in [-0.15, -0.1) is 0 Å². The zero-order chi connectivity index (χ0) is 27.4. The number of aromatic nitrogens is 2. The molecule has 0 saturated carbocycles.